The van der Waals surface area contributed by atoms with E-state index in [0.29, 0.717) is 22.2 Å². The monoisotopic (exact) mass is 341 g/mol. The zero-order chi connectivity index (χ0) is 16.3. The number of ether oxygens (including phenoxy) is 2. The van der Waals surface area contributed by atoms with Crippen LogP contribution in [0.2, 0.25) is 5.02 Å². The van der Waals surface area contributed by atoms with Gasteiger partial charge >= 0.3 is 0 Å². The maximum atomic E-state index is 12.4. The highest BCUT2D eigenvalue weighted by molar-refractivity contribution is 7.92. The van der Waals surface area contributed by atoms with E-state index in [4.69, 9.17) is 21.1 Å². The quantitative estimate of drug-likeness (QED) is 0.904. The number of methoxy groups -OCH3 is 2. The molecule has 0 aliphatic heterocycles. The lowest BCUT2D eigenvalue weighted by Gasteiger charge is -2.14. The Kier molecular flexibility index (Phi) is 4.83. The predicted molar refractivity (Wildman–Crippen MR) is 86.5 cm³/mol. The second kappa shape index (κ2) is 6.46. The highest BCUT2D eigenvalue weighted by Gasteiger charge is 2.17. The summed E-state index contributed by atoms with van der Waals surface area (Å²) >= 11 is 5.77. The predicted octanol–water partition coefficient (Wildman–Crippen LogP) is 3.47. The van der Waals surface area contributed by atoms with E-state index in [-0.39, 0.29) is 4.90 Å². The Labute approximate surface area is 134 Å². The molecule has 5 nitrogen and oxygen atoms in total. The standard InChI is InChI=1S/C15H16ClNO4S/c1-10-8-14(20-2)15(21-3)9-13(10)17-22(18,19)12-6-4-11(16)5-7-12/h4-9,17H,1-3H3. The third-order valence-corrected chi connectivity index (χ3v) is 4.73. The molecular formula is C15H16ClNO4S. The summed E-state index contributed by atoms with van der Waals surface area (Å²) < 4.78 is 37.7. The average molecular weight is 342 g/mol. The minimum atomic E-state index is -3.70. The molecule has 0 spiro atoms. The minimum Gasteiger partial charge on any atom is -0.493 e. The lowest BCUT2D eigenvalue weighted by atomic mass is 10.2. The molecular weight excluding hydrogens is 326 g/mol. The molecule has 22 heavy (non-hydrogen) atoms. The van der Waals surface area contributed by atoms with Crippen molar-refractivity contribution in [2.75, 3.05) is 18.9 Å². The number of sulfonamides is 1. The highest BCUT2D eigenvalue weighted by atomic mass is 35.5. The number of hydrogen-bond acceptors (Lipinski definition) is 4. The molecule has 0 saturated carbocycles. The van der Waals surface area contributed by atoms with Crippen molar-refractivity contribution in [1.82, 2.24) is 0 Å². The molecule has 0 saturated heterocycles. The van der Waals surface area contributed by atoms with Gasteiger partial charge in [-0.2, -0.15) is 0 Å². The highest BCUT2D eigenvalue weighted by Crippen LogP contribution is 2.33. The summed E-state index contributed by atoms with van der Waals surface area (Å²) in [5.41, 5.74) is 1.14. The van der Waals surface area contributed by atoms with Gasteiger partial charge in [-0.3, -0.25) is 4.72 Å². The number of hydrogen-bond donors (Lipinski definition) is 1. The fourth-order valence-electron chi connectivity index (χ4n) is 1.91. The first-order valence-electron chi connectivity index (χ1n) is 6.38. The average Bonchev–Trinajstić information content (AvgIpc) is 2.49. The van der Waals surface area contributed by atoms with E-state index >= 15 is 0 Å². The summed E-state index contributed by atoms with van der Waals surface area (Å²) in [5, 5.41) is 0.473. The lowest BCUT2D eigenvalue weighted by molar-refractivity contribution is 0.355. The molecule has 118 valence electrons. The number of nitrogens with one attached hydrogen (secondary N) is 1. The normalized spacial score (nSPS) is 11.1. The van der Waals surface area contributed by atoms with Gasteiger partial charge in [0.25, 0.3) is 10.0 Å². The van der Waals surface area contributed by atoms with Crippen LogP contribution in [-0.2, 0) is 10.0 Å². The van der Waals surface area contributed by atoms with Gasteiger partial charge in [-0.15, -0.1) is 0 Å². The van der Waals surface area contributed by atoms with Gasteiger partial charge in [-0.1, -0.05) is 11.6 Å². The van der Waals surface area contributed by atoms with Crippen molar-refractivity contribution >= 4 is 27.3 Å². The number of rotatable bonds is 5. The third kappa shape index (κ3) is 3.45. The topological polar surface area (TPSA) is 64.6 Å². The van der Waals surface area contributed by atoms with E-state index in [0.717, 1.165) is 5.56 Å². The molecule has 1 N–H and O–H groups in total. The minimum absolute atomic E-state index is 0.131. The van der Waals surface area contributed by atoms with Crippen LogP contribution in [0.4, 0.5) is 5.69 Å². The molecule has 0 atom stereocenters. The van der Waals surface area contributed by atoms with Crippen molar-refractivity contribution in [3.05, 3.63) is 47.0 Å². The van der Waals surface area contributed by atoms with Gasteiger partial charge in [0.15, 0.2) is 11.5 Å². The fourth-order valence-corrected chi connectivity index (χ4v) is 3.16. The maximum absolute atomic E-state index is 12.4. The van der Waals surface area contributed by atoms with E-state index in [9.17, 15) is 8.42 Å². The van der Waals surface area contributed by atoms with Crippen molar-refractivity contribution in [3.8, 4) is 11.5 Å². The molecule has 0 heterocycles. The number of halogens is 1. The van der Waals surface area contributed by atoms with Gasteiger partial charge in [0.2, 0.25) is 0 Å². The molecule has 0 fully saturated rings. The van der Waals surface area contributed by atoms with E-state index in [1.54, 1.807) is 19.1 Å². The van der Waals surface area contributed by atoms with Gasteiger partial charge < -0.3 is 9.47 Å². The van der Waals surface area contributed by atoms with E-state index in [2.05, 4.69) is 4.72 Å². The summed E-state index contributed by atoms with van der Waals surface area (Å²) in [6, 6.07) is 9.23. The van der Waals surface area contributed by atoms with Gasteiger partial charge in [0.05, 0.1) is 24.8 Å². The summed E-state index contributed by atoms with van der Waals surface area (Å²) in [4.78, 5) is 0.131. The first-order valence-corrected chi connectivity index (χ1v) is 8.24. The van der Waals surface area contributed by atoms with Crippen molar-refractivity contribution in [3.63, 3.8) is 0 Å². The number of aryl methyl sites for hydroxylation is 1. The second-order valence-electron chi connectivity index (χ2n) is 4.58. The van der Waals surface area contributed by atoms with Crippen LogP contribution >= 0.6 is 11.6 Å². The molecule has 0 amide bonds. The Morgan fingerprint density at radius 1 is 1.00 bits per heavy atom. The van der Waals surface area contributed by atoms with E-state index in [1.807, 2.05) is 0 Å². The Hall–Kier alpha value is -1.92. The van der Waals surface area contributed by atoms with Gasteiger partial charge in [-0.05, 0) is 42.8 Å². The van der Waals surface area contributed by atoms with Crippen molar-refractivity contribution in [2.45, 2.75) is 11.8 Å². The molecule has 0 unspecified atom stereocenters. The molecule has 2 aromatic rings. The second-order valence-corrected chi connectivity index (χ2v) is 6.70. The summed E-state index contributed by atoms with van der Waals surface area (Å²) in [6.45, 7) is 1.78. The third-order valence-electron chi connectivity index (χ3n) is 3.10. The zero-order valence-electron chi connectivity index (χ0n) is 12.4. The van der Waals surface area contributed by atoms with Crippen molar-refractivity contribution in [2.24, 2.45) is 0 Å². The number of benzene rings is 2. The number of anilines is 1. The molecule has 0 radical (unpaired) electrons. The molecule has 0 aromatic heterocycles. The van der Waals surface area contributed by atoms with Crippen LogP contribution in [0.25, 0.3) is 0 Å². The van der Waals surface area contributed by atoms with Crippen LogP contribution in [0.3, 0.4) is 0 Å². The smallest absolute Gasteiger partial charge is 0.261 e. The van der Waals surface area contributed by atoms with Gasteiger partial charge in [0.1, 0.15) is 0 Å². The van der Waals surface area contributed by atoms with Crippen molar-refractivity contribution < 1.29 is 17.9 Å². The molecule has 0 bridgehead atoms. The molecule has 0 aliphatic rings. The Morgan fingerprint density at radius 2 is 1.55 bits per heavy atom. The largest absolute Gasteiger partial charge is 0.493 e. The van der Waals surface area contributed by atoms with Crippen LogP contribution < -0.4 is 14.2 Å². The zero-order valence-corrected chi connectivity index (χ0v) is 14.0. The van der Waals surface area contributed by atoms with Gasteiger partial charge in [-0.25, -0.2) is 8.42 Å². The molecule has 2 aromatic carbocycles. The molecule has 0 aliphatic carbocycles. The summed E-state index contributed by atoms with van der Waals surface area (Å²) in [6.07, 6.45) is 0. The first-order chi connectivity index (χ1) is 10.4. The summed E-state index contributed by atoms with van der Waals surface area (Å²) in [5.74, 6) is 0.983. The van der Waals surface area contributed by atoms with Gasteiger partial charge in [0, 0.05) is 11.1 Å². The maximum Gasteiger partial charge on any atom is 0.261 e. The SMILES string of the molecule is COc1cc(C)c(NS(=O)(=O)c2ccc(Cl)cc2)cc1OC. The van der Waals surface area contributed by atoms with Crippen LogP contribution in [-0.4, -0.2) is 22.6 Å². The Bertz CT molecular complexity index is 773. The summed E-state index contributed by atoms with van der Waals surface area (Å²) in [7, 11) is -0.689. The molecule has 7 heteroatoms. The van der Waals surface area contributed by atoms with E-state index < -0.39 is 10.0 Å². The van der Waals surface area contributed by atoms with E-state index in [1.165, 1.54) is 38.5 Å². The van der Waals surface area contributed by atoms with Crippen molar-refractivity contribution in [1.29, 1.82) is 0 Å². The molecule has 2 rings (SSSR count). The Balaban J connectivity index is 2.39. The fraction of sp³-hybridized carbons (Fsp3) is 0.200. The van der Waals surface area contributed by atoms with Crippen LogP contribution in [0.1, 0.15) is 5.56 Å². The lowest BCUT2D eigenvalue weighted by Crippen LogP contribution is -2.14. The van der Waals surface area contributed by atoms with Crippen LogP contribution in [0, 0.1) is 6.92 Å². The first kappa shape index (κ1) is 16.5. The Morgan fingerprint density at radius 3 is 2.09 bits per heavy atom. The van der Waals surface area contributed by atoms with Crippen LogP contribution in [0.5, 0.6) is 11.5 Å². The van der Waals surface area contributed by atoms with Crippen LogP contribution in [0.15, 0.2) is 41.3 Å².